The summed E-state index contributed by atoms with van der Waals surface area (Å²) in [6.07, 6.45) is 5.33. The van der Waals surface area contributed by atoms with Crippen molar-refractivity contribution in [3.05, 3.63) is 30.3 Å². The Morgan fingerprint density at radius 1 is 1.00 bits per heavy atom. The zero-order valence-corrected chi connectivity index (χ0v) is 16.5. The minimum atomic E-state index is 0. The molecule has 3 rings (SSSR count). The van der Waals surface area contributed by atoms with Gasteiger partial charge in [0.1, 0.15) is 0 Å². The molecule has 0 radical (unpaired) electrons. The highest BCUT2D eigenvalue weighted by Gasteiger charge is 2.21. The maximum Gasteiger partial charge on any atom is 0.222 e. The minimum Gasteiger partial charge on any atom is -0.370 e. The predicted octanol–water partition coefficient (Wildman–Crippen LogP) is 3.35. The number of amides is 1. The van der Waals surface area contributed by atoms with E-state index < -0.39 is 0 Å². The van der Waals surface area contributed by atoms with Gasteiger partial charge in [0.25, 0.3) is 0 Å². The first-order chi connectivity index (χ1) is 11.3. The van der Waals surface area contributed by atoms with Gasteiger partial charge >= 0.3 is 0 Å². The van der Waals surface area contributed by atoms with Crippen molar-refractivity contribution in [1.29, 1.82) is 0 Å². The molecule has 2 saturated heterocycles. The van der Waals surface area contributed by atoms with Gasteiger partial charge < -0.3 is 15.1 Å². The number of hydrogen-bond acceptors (Lipinski definition) is 3. The molecular formula is C19H31Cl2N3O. The normalized spacial score (nSPS) is 18.7. The second-order valence-electron chi connectivity index (χ2n) is 6.79. The van der Waals surface area contributed by atoms with Gasteiger partial charge in [0, 0.05) is 38.3 Å². The number of nitrogens with one attached hydrogen (secondary N) is 1. The van der Waals surface area contributed by atoms with E-state index in [0.717, 1.165) is 64.4 Å². The van der Waals surface area contributed by atoms with E-state index in [-0.39, 0.29) is 24.8 Å². The molecule has 0 aromatic heterocycles. The summed E-state index contributed by atoms with van der Waals surface area (Å²) >= 11 is 0. The Morgan fingerprint density at radius 3 is 2.44 bits per heavy atom. The van der Waals surface area contributed by atoms with E-state index in [0.29, 0.717) is 5.91 Å². The zero-order valence-electron chi connectivity index (χ0n) is 14.9. The van der Waals surface area contributed by atoms with Crippen LogP contribution in [0, 0.1) is 5.92 Å². The molecule has 1 aromatic carbocycles. The molecule has 2 aliphatic rings. The first kappa shape index (κ1) is 22.1. The third-order valence-corrected chi connectivity index (χ3v) is 5.20. The highest BCUT2D eigenvalue weighted by molar-refractivity contribution is 5.85. The second kappa shape index (κ2) is 11.6. The molecule has 1 N–H and O–H groups in total. The minimum absolute atomic E-state index is 0. The monoisotopic (exact) mass is 387 g/mol. The molecule has 4 nitrogen and oxygen atoms in total. The van der Waals surface area contributed by atoms with Crippen molar-refractivity contribution in [2.45, 2.75) is 32.1 Å². The van der Waals surface area contributed by atoms with E-state index in [1.165, 1.54) is 18.5 Å². The van der Waals surface area contributed by atoms with Crippen LogP contribution in [0.1, 0.15) is 32.1 Å². The standard InChI is InChI=1S/C19H29N3O.2ClH/c23-19(8-7-17-9-11-20-12-10-17)22-14-4-13-21(15-16-22)18-5-2-1-3-6-18;;/h1-3,5-6,17,20H,4,7-16H2;2*1H. The van der Waals surface area contributed by atoms with Crippen LogP contribution in [0.15, 0.2) is 30.3 Å². The van der Waals surface area contributed by atoms with E-state index >= 15 is 0 Å². The molecule has 1 amide bonds. The Morgan fingerprint density at radius 2 is 1.72 bits per heavy atom. The quantitative estimate of drug-likeness (QED) is 0.859. The molecule has 0 unspecified atom stereocenters. The van der Waals surface area contributed by atoms with Gasteiger partial charge in [0.2, 0.25) is 5.91 Å². The number of anilines is 1. The molecule has 6 heteroatoms. The van der Waals surface area contributed by atoms with Gasteiger partial charge in [0.05, 0.1) is 0 Å². The van der Waals surface area contributed by atoms with Crippen molar-refractivity contribution in [2.24, 2.45) is 5.92 Å². The van der Waals surface area contributed by atoms with Crippen molar-refractivity contribution < 1.29 is 4.79 Å². The van der Waals surface area contributed by atoms with Crippen LogP contribution in [0.5, 0.6) is 0 Å². The molecule has 0 saturated carbocycles. The molecule has 25 heavy (non-hydrogen) atoms. The van der Waals surface area contributed by atoms with Crippen LogP contribution in [0.4, 0.5) is 5.69 Å². The van der Waals surface area contributed by atoms with Gasteiger partial charge in [-0.05, 0) is 56.8 Å². The van der Waals surface area contributed by atoms with E-state index in [1.54, 1.807) is 0 Å². The van der Waals surface area contributed by atoms with Crippen LogP contribution in [0.25, 0.3) is 0 Å². The van der Waals surface area contributed by atoms with E-state index in [4.69, 9.17) is 0 Å². The highest BCUT2D eigenvalue weighted by Crippen LogP contribution is 2.20. The number of piperidine rings is 1. The summed E-state index contributed by atoms with van der Waals surface area (Å²) in [6, 6.07) is 10.5. The molecule has 2 aliphatic heterocycles. The lowest BCUT2D eigenvalue weighted by Gasteiger charge is -2.25. The number of carbonyl (C=O) groups is 1. The van der Waals surface area contributed by atoms with Gasteiger partial charge in [-0.2, -0.15) is 0 Å². The first-order valence-electron chi connectivity index (χ1n) is 9.11. The number of benzene rings is 1. The zero-order chi connectivity index (χ0) is 15.9. The average molecular weight is 388 g/mol. The summed E-state index contributed by atoms with van der Waals surface area (Å²) in [5.74, 6) is 1.10. The maximum atomic E-state index is 12.5. The van der Waals surface area contributed by atoms with Crippen LogP contribution in [-0.2, 0) is 4.79 Å². The lowest BCUT2D eigenvalue weighted by atomic mass is 9.93. The van der Waals surface area contributed by atoms with Gasteiger partial charge in [-0.3, -0.25) is 4.79 Å². The van der Waals surface area contributed by atoms with Crippen molar-refractivity contribution in [3.63, 3.8) is 0 Å². The second-order valence-corrected chi connectivity index (χ2v) is 6.79. The Labute approximate surface area is 164 Å². The Kier molecular flexibility index (Phi) is 10.2. The summed E-state index contributed by atoms with van der Waals surface area (Å²) in [6.45, 7) is 6.00. The van der Waals surface area contributed by atoms with Crippen molar-refractivity contribution >= 4 is 36.4 Å². The summed E-state index contributed by atoms with van der Waals surface area (Å²) in [7, 11) is 0. The molecule has 2 fully saturated rings. The van der Waals surface area contributed by atoms with Crippen LogP contribution in [-0.4, -0.2) is 50.1 Å². The van der Waals surface area contributed by atoms with Gasteiger partial charge in [-0.25, -0.2) is 0 Å². The lowest BCUT2D eigenvalue weighted by molar-refractivity contribution is -0.131. The van der Waals surface area contributed by atoms with E-state index in [1.807, 2.05) is 0 Å². The number of carbonyl (C=O) groups excluding carboxylic acids is 1. The molecular weight excluding hydrogens is 357 g/mol. The van der Waals surface area contributed by atoms with Crippen LogP contribution < -0.4 is 10.2 Å². The average Bonchev–Trinajstić information content (AvgIpc) is 2.87. The number of rotatable bonds is 4. The fourth-order valence-electron chi connectivity index (χ4n) is 3.72. The molecule has 1 aromatic rings. The molecule has 0 bridgehead atoms. The summed E-state index contributed by atoms with van der Waals surface area (Å²) < 4.78 is 0. The molecule has 0 spiro atoms. The molecule has 142 valence electrons. The fraction of sp³-hybridized carbons (Fsp3) is 0.632. The van der Waals surface area contributed by atoms with Crippen molar-refractivity contribution in [3.8, 4) is 0 Å². The topological polar surface area (TPSA) is 35.6 Å². The third kappa shape index (κ3) is 6.69. The summed E-state index contributed by atoms with van der Waals surface area (Å²) in [5.41, 5.74) is 1.27. The maximum absolute atomic E-state index is 12.5. The lowest BCUT2D eigenvalue weighted by Crippen LogP contribution is -2.35. The van der Waals surface area contributed by atoms with Crippen LogP contribution in [0.3, 0.4) is 0 Å². The Bertz CT molecular complexity index is 495. The molecule has 0 aliphatic carbocycles. The number of halogens is 2. The van der Waals surface area contributed by atoms with E-state index in [9.17, 15) is 4.79 Å². The molecule has 2 heterocycles. The van der Waals surface area contributed by atoms with Crippen LogP contribution >= 0.6 is 24.8 Å². The fourth-order valence-corrected chi connectivity index (χ4v) is 3.72. The number of hydrogen-bond donors (Lipinski definition) is 1. The third-order valence-electron chi connectivity index (χ3n) is 5.20. The molecule has 0 atom stereocenters. The highest BCUT2D eigenvalue weighted by atomic mass is 35.5. The van der Waals surface area contributed by atoms with Gasteiger partial charge in [-0.1, -0.05) is 18.2 Å². The summed E-state index contributed by atoms with van der Waals surface area (Å²) in [5, 5.41) is 3.39. The first-order valence-corrected chi connectivity index (χ1v) is 9.11. The Hall–Kier alpha value is -0.970. The summed E-state index contributed by atoms with van der Waals surface area (Å²) in [4.78, 5) is 17.0. The van der Waals surface area contributed by atoms with Crippen LogP contribution in [0.2, 0.25) is 0 Å². The van der Waals surface area contributed by atoms with E-state index in [2.05, 4.69) is 45.4 Å². The van der Waals surface area contributed by atoms with Crippen molar-refractivity contribution in [2.75, 3.05) is 44.2 Å². The largest absolute Gasteiger partial charge is 0.370 e. The number of para-hydroxylation sites is 1. The predicted molar refractivity (Wildman–Crippen MR) is 109 cm³/mol. The SMILES string of the molecule is Cl.Cl.O=C(CCC1CCNCC1)N1CCCN(c2ccccc2)CC1. The van der Waals surface area contributed by atoms with Gasteiger partial charge in [0.15, 0.2) is 0 Å². The van der Waals surface area contributed by atoms with Crippen molar-refractivity contribution in [1.82, 2.24) is 10.2 Å². The number of nitrogens with zero attached hydrogens (tertiary/aromatic N) is 2. The smallest absolute Gasteiger partial charge is 0.222 e. The Balaban J connectivity index is 0.00000156. The van der Waals surface area contributed by atoms with Gasteiger partial charge in [-0.15, -0.1) is 24.8 Å².